The average Bonchev–Trinajstić information content (AvgIpc) is 3.07. The van der Waals surface area contributed by atoms with E-state index in [2.05, 4.69) is 4.98 Å². The quantitative estimate of drug-likeness (QED) is 0.787. The van der Waals surface area contributed by atoms with Gasteiger partial charge in [0.15, 0.2) is 16.5 Å². The van der Waals surface area contributed by atoms with E-state index in [-0.39, 0.29) is 6.04 Å². The van der Waals surface area contributed by atoms with E-state index < -0.39 is 0 Å². The number of benzene rings is 1. The summed E-state index contributed by atoms with van der Waals surface area (Å²) in [5, 5.41) is 2.01. The zero-order valence-electron chi connectivity index (χ0n) is 11.9. The molecule has 0 aliphatic rings. The predicted molar refractivity (Wildman–Crippen MR) is 83.2 cm³/mol. The highest BCUT2D eigenvalue weighted by molar-refractivity contribution is 7.15. The van der Waals surface area contributed by atoms with Gasteiger partial charge in [0, 0.05) is 35.8 Å². The van der Waals surface area contributed by atoms with Crippen LogP contribution in [-0.4, -0.2) is 23.6 Å². The highest BCUT2D eigenvalue weighted by atomic mass is 32.1. The third-order valence-corrected chi connectivity index (χ3v) is 4.18. The number of aromatic nitrogens is 2. The Balaban J connectivity index is 1.87. The van der Waals surface area contributed by atoms with Gasteiger partial charge in [0.2, 0.25) is 0 Å². The Labute approximate surface area is 126 Å². The van der Waals surface area contributed by atoms with E-state index in [0.29, 0.717) is 17.9 Å². The summed E-state index contributed by atoms with van der Waals surface area (Å²) >= 11 is 1.61. The zero-order chi connectivity index (χ0) is 14.8. The van der Waals surface area contributed by atoms with Gasteiger partial charge in [-0.1, -0.05) is 12.1 Å². The van der Waals surface area contributed by atoms with E-state index in [1.807, 2.05) is 40.4 Å². The number of ether oxygens (including phenoxy) is 2. The van der Waals surface area contributed by atoms with Crippen LogP contribution >= 0.6 is 11.3 Å². The van der Waals surface area contributed by atoms with Gasteiger partial charge in [0.05, 0.1) is 19.9 Å². The number of hydrogen-bond acceptors (Lipinski definition) is 5. The highest BCUT2D eigenvalue weighted by Gasteiger charge is 2.17. The van der Waals surface area contributed by atoms with E-state index in [1.54, 1.807) is 25.6 Å². The second-order valence-electron chi connectivity index (χ2n) is 4.72. The van der Waals surface area contributed by atoms with Gasteiger partial charge in [-0.25, -0.2) is 4.98 Å². The number of nitrogens with zero attached hydrogens (tertiary/aromatic N) is 2. The molecule has 0 spiro atoms. The SMILES string of the molecule is COc1cccc(C(N)Cc2cn3ccsc3n2)c1OC. The molecular formula is C15H17N3O2S. The van der Waals surface area contributed by atoms with E-state index in [1.165, 1.54) is 0 Å². The lowest BCUT2D eigenvalue weighted by Crippen LogP contribution is -2.15. The molecule has 2 heterocycles. The summed E-state index contributed by atoms with van der Waals surface area (Å²) < 4.78 is 12.8. The number of fused-ring (bicyclic) bond motifs is 1. The van der Waals surface area contributed by atoms with Gasteiger partial charge in [-0.15, -0.1) is 11.3 Å². The zero-order valence-corrected chi connectivity index (χ0v) is 12.8. The van der Waals surface area contributed by atoms with Crippen molar-refractivity contribution in [2.75, 3.05) is 14.2 Å². The maximum atomic E-state index is 6.34. The lowest BCUT2D eigenvalue weighted by atomic mass is 10.0. The number of methoxy groups -OCH3 is 2. The number of thiazole rings is 1. The van der Waals surface area contributed by atoms with Gasteiger partial charge in [-0.3, -0.25) is 4.40 Å². The standard InChI is InChI=1S/C15H17N3O2S/c1-19-13-5-3-4-11(14(13)20-2)12(16)8-10-9-18-6-7-21-15(18)17-10/h3-7,9,12H,8,16H2,1-2H3. The lowest BCUT2D eigenvalue weighted by Gasteiger charge is -2.17. The molecule has 2 aromatic heterocycles. The summed E-state index contributed by atoms with van der Waals surface area (Å²) in [6.07, 6.45) is 4.66. The van der Waals surface area contributed by atoms with Crippen molar-refractivity contribution in [3.63, 3.8) is 0 Å². The predicted octanol–water partition coefficient (Wildman–Crippen LogP) is 2.66. The molecule has 110 valence electrons. The summed E-state index contributed by atoms with van der Waals surface area (Å²) in [6, 6.07) is 5.55. The Morgan fingerprint density at radius 3 is 2.90 bits per heavy atom. The van der Waals surface area contributed by atoms with Gasteiger partial charge in [0.25, 0.3) is 0 Å². The Kier molecular flexibility index (Phi) is 3.81. The molecule has 3 rings (SSSR count). The van der Waals surface area contributed by atoms with E-state index in [9.17, 15) is 0 Å². The highest BCUT2D eigenvalue weighted by Crippen LogP contribution is 2.34. The Hall–Kier alpha value is -2.05. The van der Waals surface area contributed by atoms with Crippen LogP contribution in [0.3, 0.4) is 0 Å². The molecule has 0 saturated heterocycles. The molecule has 0 bridgehead atoms. The number of hydrogen-bond donors (Lipinski definition) is 1. The summed E-state index contributed by atoms with van der Waals surface area (Å²) in [5.41, 5.74) is 8.23. The normalized spacial score (nSPS) is 12.5. The fourth-order valence-electron chi connectivity index (χ4n) is 2.41. The van der Waals surface area contributed by atoms with Crippen LogP contribution in [0.1, 0.15) is 17.3 Å². The minimum absolute atomic E-state index is 0.195. The molecule has 21 heavy (non-hydrogen) atoms. The fourth-order valence-corrected chi connectivity index (χ4v) is 3.13. The molecule has 5 nitrogen and oxygen atoms in total. The summed E-state index contributed by atoms with van der Waals surface area (Å²) in [6.45, 7) is 0. The molecule has 6 heteroatoms. The molecule has 0 aliphatic heterocycles. The Morgan fingerprint density at radius 2 is 2.19 bits per heavy atom. The van der Waals surface area contributed by atoms with E-state index in [0.717, 1.165) is 16.2 Å². The van der Waals surface area contributed by atoms with Crippen LogP contribution in [0.5, 0.6) is 11.5 Å². The number of nitrogens with two attached hydrogens (primary N) is 1. The average molecular weight is 303 g/mol. The van der Waals surface area contributed by atoms with Crippen LogP contribution in [0.15, 0.2) is 36.0 Å². The molecule has 0 aliphatic carbocycles. The topological polar surface area (TPSA) is 61.8 Å². The van der Waals surface area contributed by atoms with Gasteiger partial charge < -0.3 is 15.2 Å². The summed E-state index contributed by atoms with van der Waals surface area (Å²) in [5.74, 6) is 1.38. The minimum Gasteiger partial charge on any atom is -0.493 e. The van der Waals surface area contributed by atoms with Crippen molar-refractivity contribution in [3.8, 4) is 11.5 Å². The lowest BCUT2D eigenvalue weighted by molar-refractivity contribution is 0.349. The van der Waals surface area contributed by atoms with Crippen molar-refractivity contribution in [2.24, 2.45) is 5.73 Å². The van der Waals surface area contributed by atoms with E-state index >= 15 is 0 Å². The van der Waals surface area contributed by atoms with Crippen molar-refractivity contribution in [1.29, 1.82) is 0 Å². The van der Waals surface area contributed by atoms with Crippen LogP contribution in [-0.2, 0) is 6.42 Å². The van der Waals surface area contributed by atoms with Crippen molar-refractivity contribution < 1.29 is 9.47 Å². The second kappa shape index (κ2) is 5.75. The van der Waals surface area contributed by atoms with Crippen molar-refractivity contribution in [1.82, 2.24) is 9.38 Å². The Morgan fingerprint density at radius 1 is 1.33 bits per heavy atom. The largest absolute Gasteiger partial charge is 0.493 e. The first kappa shape index (κ1) is 13.9. The maximum Gasteiger partial charge on any atom is 0.193 e. The van der Waals surface area contributed by atoms with Crippen molar-refractivity contribution in [2.45, 2.75) is 12.5 Å². The van der Waals surface area contributed by atoms with Gasteiger partial charge in [0.1, 0.15) is 0 Å². The summed E-state index contributed by atoms with van der Waals surface area (Å²) in [7, 11) is 3.25. The van der Waals surface area contributed by atoms with Gasteiger partial charge in [-0.2, -0.15) is 0 Å². The molecule has 3 aromatic rings. The number of rotatable bonds is 5. The van der Waals surface area contributed by atoms with Crippen LogP contribution in [0.2, 0.25) is 0 Å². The van der Waals surface area contributed by atoms with Gasteiger partial charge >= 0.3 is 0 Å². The molecular weight excluding hydrogens is 286 g/mol. The monoisotopic (exact) mass is 303 g/mol. The summed E-state index contributed by atoms with van der Waals surface area (Å²) in [4.78, 5) is 5.55. The molecule has 0 fully saturated rings. The second-order valence-corrected chi connectivity index (χ2v) is 5.59. The number of imidazole rings is 1. The molecule has 0 saturated carbocycles. The molecule has 1 aromatic carbocycles. The third kappa shape index (κ3) is 2.59. The fraction of sp³-hybridized carbons (Fsp3) is 0.267. The van der Waals surface area contributed by atoms with Crippen LogP contribution < -0.4 is 15.2 Å². The van der Waals surface area contributed by atoms with Crippen molar-refractivity contribution >= 4 is 16.3 Å². The van der Waals surface area contributed by atoms with Crippen LogP contribution in [0, 0.1) is 0 Å². The van der Waals surface area contributed by atoms with Gasteiger partial charge in [-0.05, 0) is 6.07 Å². The first-order chi connectivity index (χ1) is 10.2. The van der Waals surface area contributed by atoms with Crippen LogP contribution in [0.25, 0.3) is 4.96 Å². The van der Waals surface area contributed by atoms with Crippen molar-refractivity contribution in [3.05, 3.63) is 47.2 Å². The molecule has 1 unspecified atom stereocenters. The first-order valence-corrected chi connectivity index (χ1v) is 7.48. The molecule has 0 amide bonds. The smallest absolute Gasteiger partial charge is 0.193 e. The first-order valence-electron chi connectivity index (χ1n) is 6.60. The van der Waals surface area contributed by atoms with E-state index in [4.69, 9.17) is 15.2 Å². The minimum atomic E-state index is -0.195. The third-order valence-electron chi connectivity index (χ3n) is 3.41. The molecule has 1 atom stereocenters. The molecule has 2 N–H and O–H groups in total. The Bertz CT molecular complexity index is 722. The maximum absolute atomic E-state index is 6.34. The number of para-hydroxylation sites is 1. The van der Waals surface area contributed by atoms with Crippen LogP contribution in [0.4, 0.5) is 0 Å². The molecule has 0 radical (unpaired) electrons.